The van der Waals surface area contributed by atoms with E-state index < -0.39 is 0 Å². The first-order valence-corrected chi connectivity index (χ1v) is 5.23. The second kappa shape index (κ2) is 3.62. The minimum Gasteiger partial charge on any atom is -0.494 e. The normalized spacial score (nSPS) is 24.8. The van der Waals surface area contributed by atoms with Crippen molar-refractivity contribution in [1.82, 2.24) is 0 Å². The molecule has 76 valence electrons. The summed E-state index contributed by atoms with van der Waals surface area (Å²) in [5.74, 6) is 1.50. The Balaban J connectivity index is 2.31. The maximum absolute atomic E-state index is 6.10. The molecule has 0 aliphatic heterocycles. The molecule has 0 radical (unpaired) electrons. The number of hydrogen-bond donors (Lipinski definition) is 1. The summed E-state index contributed by atoms with van der Waals surface area (Å²) in [4.78, 5) is 0. The molecule has 0 heterocycles. The molecule has 1 aliphatic carbocycles. The van der Waals surface area contributed by atoms with Crippen LogP contribution in [0, 0.1) is 5.92 Å². The Morgan fingerprint density at radius 1 is 1.50 bits per heavy atom. The highest BCUT2D eigenvalue weighted by molar-refractivity contribution is 5.41. The Hall–Kier alpha value is -1.02. The third-order valence-corrected chi connectivity index (χ3v) is 2.94. The largest absolute Gasteiger partial charge is 0.494 e. The van der Waals surface area contributed by atoms with Gasteiger partial charge in [-0.1, -0.05) is 13.0 Å². The van der Waals surface area contributed by atoms with Gasteiger partial charge in [0.1, 0.15) is 5.75 Å². The van der Waals surface area contributed by atoms with Gasteiger partial charge in [-0.25, -0.2) is 0 Å². The molecule has 0 saturated carbocycles. The molecule has 0 saturated heterocycles. The SMILES string of the molecule is CCOc1ccc2c(c1)C(N)C(C)C2. The van der Waals surface area contributed by atoms with Crippen LogP contribution in [0.25, 0.3) is 0 Å². The van der Waals surface area contributed by atoms with Crippen molar-refractivity contribution < 1.29 is 4.74 Å². The van der Waals surface area contributed by atoms with Crippen LogP contribution in [-0.4, -0.2) is 6.61 Å². The molecule has 1 aromatic carbocycles. The van der Waals surface area contributed by atoms with Gasteiger partial charge in [0.15, 0.2) is 0 Å². The number of nitrogens with two attached hydrogens (primary N) is 1. The zero-order chi connectivity index (χ0) is 10.1. The molecule has 2 nitrogen and oxygen atoms in total. The molecule has 2 heteroatoms. The van der Waals surface area contributed by atoms with Gasteiger partial charge in [0.2, 0.25) is 0 Å². The average molecular weight is 191 g/mol. The Morgan fingerprint density at radius 3 is 3.00 bits per heavy atom. The molecule has 0 aromatic heterocycles. The fourth-order valence-electron chi connectivity index (χ4n) is 2.11. The number of benzene rings is 1. The lowest BCUT2D eigenvalue weighted by Gasteiger charge is -2.10. The van der Waals surface area contributed by atoms with Crippen molar-refractivity contribution in [1.29, 1.82) is 0 Å². The van der Waals surface area contributed by atoms with E-state index in [2.05, 4.69) is 19.1 Å². The van der Waals surface area contributed by atoms with Crippen molar-refractivity contribution in [2.75, 3.05) is 6.61 Å². The Labute approximate surface area is 85.1 Å². The Kier molecular flexibility index (Phi) is 2.46. The molecule has 2 unspecified atom stereocenters. The van der Waals surface area contributed by atoms with Crippen LogP contribution in [0.5, 0.6) is 5.75 Å². The number of hydrogen-bond acceptors (Lipinski definition) is 2. The van der Waals surface area contributed by atoms with Crippen LogP contribution in [0.1, 0.15) is 31.0 Å². The second-order valence-electron chi connectivity index (χ2n) is 4.00. The number of fused-ring (bicyclic) bond motifs is 1. The van der Waals surface area contributed by atoms with Gasteiger partial charge in [0, 0.05) is 6.04 Å². The van der Waals surface area contributed by atoms with E-state index in [9.17, 15) is 0 Å². The molecule has 0 amide bonds. The van der Waals surface area contributed by atoms with E-state index in [-0.39, 0.29) is 6.04 Å². The first kappa shape index (κ1) is 9.53. The number of ether oxygens (including phenoxy) is 1. The summed E-state index contributed by atoms with van der Waals surface area (Å²) in [5.41, 5.74) is 8.75. The van der Waals surface area contributed by atoms with E-state index in [0.717, 1.165) is 12.2 Å². The van der Waals surface area contributed by atoms with Crippen LogP contribution in [0.2, 0.25) is 0 Å². The standard InChI is InChI=1S/C12H17NO/c1-3-14-10-5-4-9-6-8(2)12(13)11(9)7-10/h4-5,7-8,12H,3,6,13H2,1-2H3. The topological polar surface area (TPSA) is 35.2 Å². The Morgan fingerprint density at radius 2 is 2.29 bits per heavy atom. The average Bonchev–Trinajstić information content (AvgIpc) is 2.45. The zero-order valence-electron chi connectivity index (χ0n) is 8.79. The second-order valence-corrected chi connectivity index (χ2v) is 4.00. The van der Waals surface area contributed by atoms with Gasteiger partial charge in [-0.15, -0.1) is 0 Å². The molecule has 0 bridgehead atoms. The maximum atomic E-state index is 6.10. The van der Waals surface area contributed by atoms with Crippen LogP contribution < -0.4 is 10.5 Å². The first-order chi connectivity index (χ1) is 6.72. The van der Waals surface area contributed by atoms with Crippen LogP contribution >= 0.6 is 0 Å². The molecule has 1 aliphatic rings. The molecule has 14 heavy (non-hydrogen) atoms. The molecular formula is C12H17NO. The molecule has 0 fully saturated rings. The zero-order valence-corrected chi connectivity index (χ0v) is 8.79. The van der Waals surface area contributed by atoms with Gasteiger partial charge in [0.05, 0.1) is 6.61 Å². The summed E-state index contributed by atoms with van der Waals surface area (Å²) in [7, 11) is 0. The summed E-state index contributed by atoms with van der Waals surface area (Å²) < 4.78 is 5.46. The van der Waals surface area contributed by atoms with Crippen molar-refractivity contribution in [3.63, 3.8) is 0 Å². The molecular weight excluding hydrogens is 174 g/mol. The van der Waals surface area contributed by atoms with Crippen molar-refractivity contribution >= 4 is 0 Å². The minimum atomic E-state index is 0.186. The van der Waals surface area contributed by atoms with Crippen molar-refractivity contribution in [3.05, 3.63) is 29.3 Å². The highest BCUT2D eigenvalue weighted by atomic mass is 16.5. The minimum absolute atomic E-state index is 0.186. The summed E-state index contributed by atoms with van der Waals surface area (Å²) in [6.07, 6.45) is 1.10. The molecule has 2 rings (SSSR count). The predicted molar refractivity (Wildman–Crippen MR) is 57.4 cm³/mol. The van der Waals surface area contributed by atoms with Gasteiger partial charge in [-0.2, -0.15) is 0 Å². The van der Waals surface area contributed by atoms with Gasteiger partial charge < -0.3 is 10.5 Å². The molecule has 2 N–H and O–H groups in total. The van der Waals surface area contributed by atoms with Gasteiger partial charge >= 0.3 is 0 Å². The van der Waals surface area contributed by atoms with Crippen molar-refractivity contribution in [2.24, 2.45) is 11.7 Å². The lowest BCUT2D eigenvalue weighted by molar-refractivity contribution is 0.339. The fourth-order valence-corrected chi connectivity index (χ4v) is 2.11. The predicted octanol–water partition coefficient (Wildman–Crippen LogP) is 2.28. The highest BCUT2D eigenvalue weighted by Gasteiger charge is 2.26. The van der Waals surface area contributed by atoms with Crippen LogP contribution in [0.15, 0.2) is 18.2 Å². The fraction of sp³-hybridized carbons (Fsp3) is 0.500. The van der Waals surface area contributed by atoms with E-state index in [0.29, 0.717) is 12.5 Å². The van der Waals surface area contributed by atoms with E-state index >= 15 is 0 Å². The van der Waals surface area contributed by atoms with E-state index in [1.807, 2.05) is 13.0 Å². The van der Waals surface area contributed by atoms with Crippen LogP contribution in [-0.2, 0) is 6.42 Å². The quantitative estimate of drug-likeness (QED) is 0.778. The van der Waals surface area contributed by atoms with E-state index in [1.54, 1.807) is 0 Å². The smallest absolute Gasteiger partial charge is 0.119 e. The van der Waals surface area contributed by atoms with Crippen LogP contribution in [0.3, 0.4) is 0 Å². The lowest BCUT2D eigenvalue weighted by Crippen LogP contribution is -2.13. The van der Waals surface area contributed by atoms with E-state index in [1.165, 1.54) is 11.1 Å². The summed E-state index contributed by atoms with van der Waals surface area (Å²) in [5, 5.41) is 0. The number of rotatable bonds is 2. The Bertz CT molecular complexity index is 335. The van der Waals surface area contributed by atoms with Gasteiger partial charge in [-0.05, 0) is 42.5 Å². The summed E-state index contributed by atoms with van der Waals surface area (Å²) in [6.45, 7) is 4.91. The highest BCUT2D eigenvalue weighted by Crippen LogP contribution is 2.35. The van der Waals surface area contributed by atoms with Crippen LogP contribution in [0.4, 0.5) is 0 Å². The molecule has 0 spiro atoms. The molecule has 2 atom stereocenters. The summed E-state index contributed by atoms with van der Waals surface area (Å²) in [6, 6.07) is 6.45. The monoisotopic (exact) mass is 191 g/mol. The van der Waals surface area contributed by atoms with Gasteiger partial charge in [-0.3, -0.25) is 0 Å². The third kappa shape index (κ3) is 1.50. The third-order valence-electron chi connectivity index (χ3n) is 2.94. The van der Waals surface area contributed by atoms with Gasteiger partial charge in [0.25, 0.3) is 0 Å². The first-order valence-electron chi connectivity index (χ1n) is 5.23. The lowest BCUT2D eigenvalue weighted by atomic mass is 10.0. The van der Waals surface area contributed by atoms with Crippen molar-refractivity contribution in [3.8, 4) is 5.75 Å². The summed E-state index contributed by atoms with van der Waals surface area (Å²) >= 11 is 0. The van der Waals surface area contributed by atoms with Crippen molar-refractivity contribution in [2.45, 2.75) is 26.3 Å². The molecule has 1 aromatic rings. The maximum Gasteiger partial charge on any atom is 0.119 e. The van der Waals surface area contributed by atoms with E-state index in [4.69, 9.17) is 10.5 Å².